The Labute approximate surface area is 103 Å². The monoisotopic (exact) mass is 286 g/mol. The molecule has 1 atom stereocenters. The summed E-state index contributed by atoms with van der Waals surface area (Å²) in [6.45, 7) is 2.68. The molecule has 0 aliphatic rings. The molecular weight excluding hydrogens is 272 g/mol. The van der Waals surface area contributed by atoms with E-state index in [0.717, 1.165) is 4.47 Å². The Hall–Kier alpha value is -0.940. The predicted molar refractivity (Wildman–Crippen MR) is 65.1 cm³/mol. The second kappa shape index (κ2) is 6.60. The highest BCUT2D eigenvalue weighted by molar-refractivity contribution is 9.10. The van der Waals surface area contributed by atoms with E-state index in [0.29, 0.717) is 18.7 Å². The molecular formula is C11H15BrN2O2. The van der Waals surface area contributed by atoms with Gasteiger partial charge in [0.15, 0.2) is 0 Å². The summed E-state index contributed by atoms with van der Waals surface area (Å²) in [6.07, 6.45) is 2.28. The summed E-state index contributed by atoms with van der Waals surface area (Å²) in [4.78, 5) is 15.6. The highest BCUT2D eigenvalue weighted by Crippen LogP contribution is 2.07. The Morgan fingerprint density at radius 1 is 1.62 bits per heavy atom. The molecule has 0 saturated carbocycles. The van der Waals surface area contributed by atoms with Crippen LogP contribution in [-0.2, 0) is 0 Å². The Kier molecular flexibility index (Phi) is 5.42. The van der Waals surface area contributed by atoms with Gasteiger partial charge in [0, 0.05) is 23.8 Å². The Morgan fingerprint density at radius 3 is 2.94 bits per heavy atom. The van der Waals surface area contributed by atoms with E-state index in [2.05, 4.69) is 26.2 Å². The quantitative estimate of drug-likeness (QED) is 0.864. The maximum absolute atomic E-state index is 11.6. The minimum absolute atomic E-state index is 0.146. The van der Waals surface area contributed by atoms with Crippen LogP contribution in [0.25, 0.3) is 0 Å². The molecule has 0 aliphatic heterocycles. The fourth-order valence-corrected chi connectivity index (χ4v) is 1.42. The topological polar surface area (TPSA) is 62.2 Å². The third-order valence-electron chi connectivity index (χ3n) is 2.19. The largest absolute Gasteiger partial charge is 0.396 e. The number of rotatable bonds is 5. The van der Waals surface area contributed by atoms with Gasteiger partial charge in [-0.1, -0.05) is 6.92 Å². The number of aliphatic hydroxyl groups is 1. The second-order valence-corrected chi connectivity index (χ2v) is 4.60. The van der Waals surface area contributed by atoms with Crippen LogP contribution in [0.15, 0.2) is 22.8 Å². The number of nitrogens with one attached hydrogen (secondary N) is 1. The van der Waals surface area contributed by atoms with Crippen molar-refractivity contribution in [3.63, 3.8) is 0 Å². The average molecular weight is 287 g/mol. The molecule has 4 nitrogen and oxygen atoms in total. The highest BCUT2D eigenvalue weighted by atomic mass is 79.9. The lowest BCUT2D eigenvalue weighted by atomic mass is 10.1. The Balaban J connectivity index is 2.43. The smallest absolute Gasteiger partial charge is 0.269 e. The Bertz CT molecular complexity index is 340. The lowest BCUT2D eigenvalue weighted by Crippen LogP contribution is -2.29. The number of aliphatic hydroxyl groups excluding tert-OH is 1. The summed E-state index contributed by atoms with van der Waals surface area (Å²) in [5.74, 6) is 0.0849. The van der Waals surface area contributed by atoms with Crippen molar-refractivity contribution in [2.75, 3.05) is 13.2 Å². The molecule has 1 heterocycles. The van der Waals surface area contributed by atoms with Crippen molar-refractivity contribution >= 4 is 21.8 Å². The van der Waals surface area contributed by atoms with Crippen LogP contribution in [0.5, 0.6) is 0 Å². The summed E-state index contributed by atoms with van der Waals surface area (Å²) >= 11 is 3.26. The summed E-state index contributed by atoms with van der Waals surface area (Å²) in [7, 11) is 0. The van der Waals surface area contributed by atoms with E-state index < -0.39 is 0 Å². The number of aromatic nitrogens is 1. The summed E-state index contributed by atoms with van der Waals surface area (Å²) in [5, 5.41) is 11.5. The van der Waals surface area contributed by atoms with Gasteiger partial charge >= 0.3 is 0 Å². The number of amides is 1. The summed E-state index contributed by atoms with van der Waals surface area (Å²) < 4.78 is 0.845. The van der Waals surface area contributed by atoms with Crippen molar-refractivity contribution in [2.45, 2.75) is 13.3 Å². The maximum Gasteiger partial charge on any atom is 0.269 e. The maximum atomic E-state index is 11.6. The molecule has 1 aromatic rings. The first-order valence-corrected chi connectivity index (χ1v) is 5.93. The predicted octanol–water partition coefficient (Wildman–Crippen LogP) is 1.59. The van der Waals surface area contributed by atoms with Gasteiger partial charge in [0.2, 0.25) is 0 Å². The molecule has 1 amide bonds. The minimum Gasteiger partial charge on any atom is -0.396 e. The Morgan fingerprint density at radius 2 is 2.38 bits per heavy atom. The first kappa shape index (κ1) is 13.1. The zero-order valence-electron chi connectivity index (χ0n) is 9.11. The van der Waals surface area contributed by atoms with E-state index in [1.54, 1.807) is 18.3 Å². The molecule has 0 spiro atoms. The van der Waals surface area contributed by atoms with Crippen molar-refractivity contribution in [1.29, 1.82) is 0 Å². The molecule has 0 aliphatic carbocycles. The van der Waals surface area contributed by atoms with Crippen molar-refractivity contribution < 1.29 is 9.90 Å². The molecule has 0 aromatic carbocycles. The highest BCUT2D eigenvalue weighted by Gasteiger charge is 2.08. The van der Waals surface area contributed by atoms with Gasteiger partial charge in [0.25, 0.3) is 5.91 Å². The fourth-order valence-electron chi connectivity index (χ4n) is 1.19. The van der Waals surface area contributed by atoms with Crippen LogP contribution >= 0.6 is 15.9 Å². The zero-order valence-corrected chi connectivity index (χ0v) is 10.7. The van der Waals surface area contributed by atoms with Gasteiger partial charge in [-0.15, -0.1) is 0 Å². The summed E-state index contributed by atoms with van der Waals surface area (Å²) in [6, 6.07) is 3.44. The number of halogens is 1. The number of carbonyl (C=O) groups is 1. The molecule has 1 rings (SSSR count). The molecule has 88 valence electrons. The molecule has 0 fully saturated rings. The number of hydrogen-bond donors (Lipinski definition) is 2. The number of pyridine rings is 1. The molecule has 1 aromatic heterocycles. The van der Waals surface area contributed by atoms with Gasteiger partial charge < -0.3 is 10.4 Å². The standard InChI is InChI=1S/C11H15BrN2O2/c1-8(4-5-15)6-14-11(16)10-3-2-9(12)7-13-10/h2-3,7-8,15H,4-6H2,1H3,(H,14,16). The number of nitrogens with zero attached hydrogens (tertiary/aromatic N) is 1. The normalized spacial score (nSPS) is 12.2. The lowest BCUT2D eigenvalue weighted by Gasteiger charge is -2.10. The van der Waals surface area contributed by atoms with E-state index in [1.165, 1.54) is 0 Å². The molecule has 0 bridgehead atoms. The SMILES string of the molecule is CC(CCO)CNC(=O)c1ccc(Br)cn1. The van der Waals surface area contributed by atoms with Crippen LogP contribution in [0.4, 0.5) is 0 Å². The van der Waals surface area contributed by atoms with Crippen molar-refractivity contribution in [3.05, 3.63) is 28.5 Å². The van der Waals surface area contributed by atoms with E-state index in [-0.39, 0.29) is 18.4 Å². The van der Waals surface area contributed by atoms with Gasteiger partial charge in [0.05, 0.1) is 0 Å². The fraction of sp³-hybridized carbons (Fsp3) is 0.455. The van der Waals surface area contributed by atoms with Gasteiger partial charge in [-0.25, -0.2) is 4.98 Å². The molecule has 0 saturated heterocycles. The van der Waals surface area contributed by atoms with Crippen LogP contribution in [0.2, 0.25) is 0 Å². The van der Waals surface area contributed by atoms with Crippen LogP contribution in [-0.4, -0.2) is 29.1 Å². The number of hydrogen-bond acceptors (Lipinski definition) is 3. The van der Waals surface area contributed by atoms with Crippen LogP contribution in [0, 0.1) is 5.92 Å². The summed E-state index contributed by atoms with van der Waals surface area (Å²) in [5.41, 5.74) is 0.402. The van der Waals surface area contributed by atoms with Gasteiger partial charge in [-0.2, -0.15) is 0 Å². The third-order valence-corrected chi connectivity index (χ3v) is 2.66. The van der Waals surface area contributed by atoms with Crippen molar-refractivity contribution in [3.8, 4) is 0 Å². The molecule has 1 unspecified atom stereocenters. The van der Waals surface area contributed by atoms with E-state index in [1.807, 2.05) is 6.92 Å². The van der Waals surface area contributed by atoms with Gasteiger partial charge in [-0.05, 0) is 40.4 Å². The van der Waals surface area contributed by atoms with Gasteiger partial charge in [0.1, 0.15) is 5.69 Å². The average Bonchev–Trinajstić information content (AvgIpc) is 2.27. The molecule has 16 heavy (non-hydrogen) atoms. The molecule has 5 heteroatoms. The van der Waals surface area contributed by atoms with Gasteiger partial charge in [-0.3, -0.25) is 4.79 Å². The first-order chi connectivity index (χ1) is 7.63. The van der Waals surface area contributed by atoms with Crippen LogP contribution < -0.4 is 5.32 Å². The van der Waals surface area contributed by atoms with Crippen LogP contribution in [0.3, 0.4) is 0 Å². The lowest BCUT2D eigenvalue weighted by molar-refractivity contribution is 0.0940. The van der Waals surface area contributed by atoms with E-state index in [4.69, 9.17) is 5.11 Å². The number of carbonyl (C=O) groups excluding carboxylic acids is 1. The third kappa shape index (κ3) is 4.28. The molecule has 2 N–H and O–H groups in total. The second-order valence-electron chi connectivity index (χ2n) is 3.69. The zero-order chi connectivity index (χ0) is 12.0. The first-order valence-electron chi connectivity index (χ1n) is 5.14. The van der Waals surface area contributed by atoms with E-state index in [9.17, 15) is 4.79 Å². The van der Waals surface area contributed by atoms with Crippen molar-refractivity contribution in [1.82, 2.24) is 10.3 Å². The minimum atomic E-state index is -0.183. The van der Waals surface area contributed by atoms with Crippen molar-refractivity contribution in [2.24, 2.45) is 5.92 Å². The molecule has 0 radical (unpaired) electrons. The van der Waals surface area contributed by atoms with E-state index >= 15 is 0 Å². The van der Waals surface area contributed by atoms with Crippen LogP contribution in [0.1, 0.15) is 23.8 Å².